The van der Waals surface area contributed by atoms with Gasteiger partial charge in [0.2, 0.25) is 0 Å². The Morgan fingerprint density at radius 1 is 1.47 bits per heavy atom. The van der Waals surface area contributed by atoms with Crippen LogP contribution in [0.2, 0.25) is 0 Å². The fraction of sp³-hybridized carbons (Fsp3) is 0.615. The van der Waals surface area contributed by atoms with Crippen LogP contribution in [0.5, 0.6) is 0 Å². The lowest BCUT2D eigenvalue weighted by Crippen LogP contribution is -2.28. The third kappa shape index (κ3) is 4.74. The normalized spacial score (nSPS) is 14.6. The van der Waals surface area contributed by atoms with Crippen LogP contribution in [-0.2, 0) is 4.74 Å². The van der Waals surface area contributed by atoms with E-state index in [1.807, 2.05) is 12.3 Å². The number of ether oxygens (including phenoxy) is 1. The molecular formula is C13H21BrN2O. The SMILES string of the molecule is CCNC(c1ccc(Br)cn1)C(C)CCOC. The summed E-state index contributed by atoms with van der Waals surface area (Å²) in [6, 6.07) is 4.40. The molecule has 0 aliphatic carbocycles. The highest BCUT2D eigenvalue weighted by molar-refractivity contribution is 9.10. The third-order valence-corrected chi connectivity index (χ3v) is 3.31. The molecule has 0 radical (unpaired) electrons. The molecule has 0 amide bonds. The molecule has 2 atom stereocenters. The Bertz CT molecular complexity index is 316. The number of aromatic nitrogens is 1. The number of hydrogen-bond donors (Lipinski definition) is 1. The van der Waals surface area contributed by atoms with Crippen molar-refractivity contribution in [1.82, 2.24) is 10.3 Å². The molecular weight excluding hydrogens is 280 g/mol. The molecule has 1 aromatic rings. The van der Waals surface area contributed by atoms with Gasteiger partial charge in [-0.15, -0.1) is 0 Å². The lowest BCUT2D eigenvalue weighted by molar-refractivity contribution is 0.170. The van der Waals surface area contributed by atoms with Crippen LogP contribution in [-0.4, -0.2) is 25.2 Å². The molecule has 0 saturated heterocycles. The minimum Gasteiger partial charge on any atom is -0.385 e. The Labute approximate surface area is 112 Å². The minimum absolute atomic E-state index is 0.295. The molecule has 0 spiro atoms. The summed E-state index contributed by atoms with van der Waals surface area (Å²) in [7, 11) is 1.74. The molecule has 96 valence electrons. The quantitative estimate of drug-likeness (QED) is 0.840. The fourth-order valence-electron chi connectivity index (χ4n) is 1.86. The Morgan fingerprint density at radius 2 is 2.24 bits per heavy atom. The summed E-state index contributed by atoms with van der Waals surface area (Å²) in [5, 5.41) is 3.49. The fourth-order valence-corrected chi connectivity index (χ4v) is 2.09. The van der Waals surface area contributed by atoms with Gasteiger partial charge in [0.05, 0.1) is 11.7 Å². The smallest absolute Gasteiger partial charge is 0.0576 e. The maximum Gasteiger partial charge on any atom is 0.0576 e. The van der Waals surface area contributed by atoms with E-state index in [9.17, 15) is 0 Å². The Morgan fingerprint density at radius 3 is 2.76 bits per heavy atom. The van der Waals surface area contributed by atoms with Crippen molar-refractivity contribution in [2.24, 2.45) is 5.92 Å². The van der Waals surface area contributed by atoms with Crippen LogP contribution in [0.3, 0.4) is 0 Å². The van der Waals surface area contributed by atoms with Gasteiger partial charge in [-0.05, 0) is 46.9 Å². The number of hydrogen-bond acceptors (Lipinski definition) is 3. The van der Waals surface area contributed by atoms with Crippen molar-refractivity contribution in [3.63, 3.8) is 0 Å². The number of methoxy groups -OCH3 is 1. The molecule has 3 nitrogen and oxygen atoms in total. The van der Waals surface area contributed by atoms with Gasteiger partial charge in [-0.1, -0.05) is 13.8 Å². The van der Waals surface area contributed by atoms with Gasteiger partial charge in [0.25, 0.3) is 0 Å². The summed E-state index contributed by atoms with van der Waals surface area (Å²) in [5.74, 6) is 0.503. The van der Waals surface area contributed by atoms with E-state index in [-0.39, 0.29) is 0 Å². The van der Waals surface area contributed by atoms with Crippen molar-refractivity contribution in [3.8, 4) is 0 Å². The maximum atomic E-state index is 5.14. The highest BCUT2D eigenvalue weighted by atomic mass is 79.9. The zero-order valence-corrected chi connectivity index (χ0v) is 12.3. The number of nitrogens with zero attached hydrogens (tertiary/aromatic N) is 1. The van der Waals surface area contributed by atoms with Crippen molar-refractivity contribution < 1.29 is 4.74 Å². The molecule has 1 N–H and O–H groups in total. The lowest BCUT2D eigenvalue weighted by Gasteiger charge is -2.24. The van der Waals surface area contributed by atoms with Gasteiger partial charge in [-0.3, -0.25) is 4.98 Å². The Kier molecular flexibility index (Phi) is 6.70. The van der Waals surface area contributed by atoms with Crippen LogP contribution < -0.4 is 5.32 Å². The minimum atomic E-state index is 0.295. The molecule has 0 aliphatic heterocycles. The van der Waals surface area contributed by atoms with Crippen LogP contribution in [0.25, 0.3) is 0 Å². The molecule has 2 unspecified atom stereocenters. The zero-order chi connectivity index (χ0) is 12.7. The van der Waals surface area contributed by atoms with Gasteiger partial charge in [0.1, 0.15) is 0 Å². The van der Waals surface area contributed by atoms with Crippen LogP contribution in [0.4, 0.5) is 0 Å². The summed E-state index contributed by atoms with van der Waals surface area (Å²) >= 11 is 3.41. The molecule has 1 aromatic heterocycles. The van der Waals surface area contributed by atoms with Crippen molar-refractivity contribution in [1.29, 1.82) is 0 Å². The number of pyridine rings is 1. The van der Waals surface area contributed by atoms with Crippen molar-refractivity contribution in [2.45, 2.75) is 26.3 Å². The van der Waals surface area contributed by atoms with Gasteiger partial charge in [0.15, 0.2) is 0 Å². The number of halogens is 1. The second kappa shape index (κ2) is 7.80. The van der Waals surface area contributed by atoms with Gasteiger partial charge in [-0.25, -0.2) is 0 Å². The first-order valence-corrected chi connectivity index (χ1v) is 6.82. The highest BCUT2D eigenvalue weighted by Gasteiger charge is 2.19. The number of nitrogens with one attached hydrogen (secondary N) is 1. The van der Waals surface area contributed by atoms with Crippen LogP contribution in [0.1, 0.15) is 32.0 Å². The predicted molar refractivity (Wildman–Crippen MR) is 74.0 cm³/mol. The van der Waals surface area contributed by atoms with E-state index in [0.717, 1.165) is 29.7 Å². The van der Waals surface area contributed by atoms with E-state index in [2.05, 4.69) is 46.1 Å². The first kappa shape index (κ1) is 14.6. The molecule has 0 aliphatic rings. The molecule has 1 rings (SSSR count). The second-order valence-corrected chi connectivity index (χ2v) is 5.11. The molecule has 0 bridgehead atoms. The first-order valence-electron chi connectivity index (χ1n) is 6.02. The lowest BCUT2D eigenvalue weighted by atomic mass is 9.95. The predicted octanol–water partition coefficient (Wildman–Crippen LogP) is 3.17. The molecule has 1 heterocycles. The van der Waals surface area contributed by atoms with Crippen LogP contribution >= 0.6 is 15.9 Å². The van der Waals surface area contributed by atoms with Crippen molar-refractivity contribution in [2.75, 3.05) is 20.3 Å². The summed E-state index contributed by atoms with van der Waals surface area (Å²) in [6.45, 7) is 6.09. The van der Waals surface area contributed by atoms with Gasteiger partial charge < -0.3 is 10.1 Å². The van der Waals surface area contributed by atoms with E-state index < -0.39 is 0 Å². The summed E-state index contributed by atoms with van der Waals surface area (Å²) < 4.78 is 6.15. The van der Waals surface area contributed by atoms with E-state index in [0.29, 0.717) is 12.0 Å². The summed E-state index contributed by atoms with van der Waals surface area (Å²) in [5.41, 5.74) is 1.10. The van der Waals surface area contributed by atoms with Crippen LogP contribution in [0.15, 0.2) is 22.8 Å². The summed E-state index contributed by atoms with van der Waals surface area (Å²) in [6.07, 6.45) is 2.88. The average Bonchev–Trinajstić information content (AvgIpc) is 2.34. The highest BCUT2D eigenvalue weighted by Crippen LogP contribution is 2.23. The topological polar surface area (TPSA) is 34.2 Å². The Balaban J connectivity index is 2.73. The summed E-state index contributed by atoms with van der Waals surface area (Å²) in [4.78, 5) is 4.48. The van der Waals surface area contributed by atoms with Crippen molar-refractivity contribution >= 4 is 15.9 Å². The zero-order valence-electron chi connectivity index (χ0n) is 10.7. The molecule has 4 heteroatoms. The molecule has 17 heavy (non-hydrogen) atoms. The Hall–Kier alpha value is -0.450. The molecule has 0 aromatic carbocycles. The van der Waals surface area contributed by atoms with E-state index in [4.69, 9.17) is 4.74 Å². The number of rotatable bonds is 7. The maximum absolute atomic E-state index is 5.14. The largest absolute Gasteiger partial charge is 0.385 e. The first-order chi connectivity index (χ1) is 8.19. The van der Waals surface area contributed by atoms with Gasteiger partial charge in [-0.2, -0.15) is 0 Å². The molecule has 0 fully saturated rings. The second-order valence-electron chi connectivity index (χ2n) is 4.20. The van der Waals surface area contributed by atoms with E-state index >= 15 is 0 Å². The average molecular weight is 301 g/mol. The third-order valence-electron chi connectivity index (χ3n) is 2.84. The molecule has 0 saturated carbocycles. The van der Waals surface area contributed by atoms with Crippen molar-refractivity contribution in [3.05, 3.63) is 28.5 Å². The van der Waals surface area contributed by atoms with Gasteiger partial charge in [0, 0.05) is 24.4 Å². The van der Waals surface area contributed by atoms with E-state index in [1.54, 1.807) is 7.11 Å². The standard InChI is InChI=1S/C13H21BrN2O/c1-4-15-13(10(2)7-8-17-3)12-6-5-11(14)9-16-12/h5-6,9-10,13,15H,4,7-8H2,1-3H3. The van der Waals surface area contributed by atoms with Crippen LogP contribution in [0, 0.1) is 5.92 Å². The van der Waals surface area contributed by atoms with Gasteiger partial charge >= 0.3 is 0 Å². The van der Waals surface area contributed by atoms with E-state index in [1.165, 1.54) is 0 Å². The monoisotopic (exact) mass is 300 g/mol.